The van der Waals surface area contributed by atoms with Gasteiger partial charge in [0.15, 0.2) is 0 Å². The second-order valence-corrected chi connectivity index (χ2v) is 5.73. The van der Waals surface area contributed by atoms with E-state index in [1.165, 1.54) is 7.11 Å². The molecule has 0 bridgehead atoms. The zero-order chi connectivity index (χ0) is 14.9. The molecule has 1 aromatic rings. The van der Waals surface area contributed by atoms with Gasteiger partial charge in [-0.1, -0.05) is 18.2 Å². The number of benzene rings is 1. The maximum Gasteiger partial charge on any atom is 0.324 e. The lowest BCUT2D eigenvalue weighted by Crippen LogP contribution is -2.50. The molecule has 0 saturated heterocycles. The summed E-state index contributed by atoms with van der Waals surface area (Å²) in [5.74, 6) is -0.323. The van der Waals surface area contributed by atoms with Gasteiger partial charge in [-0.3, -0.25) is 9.69 Å². The van der Waals surface area contributed by atoms with Crippen molar-refractivity contribution in [3.8, 4) is 0 Å². The number of anilines is 1. The lowest BCUT2D eigenvalue weighted by atomic mass is 9.92. The predicted molar refractivity (Wildman–Crippen MR) is 76.4 cm³/mol. The van der Waals surface area contributed by atoms with Gasteiger partial charge in [0.1, 0.15) is 0 Å². The Morgan fingerprint density at radius 1 is 1.35 bits per heavy atom. The summed E-state index contributed by atoms with van der Waals surface area (Å²) in [6.07, 6.45) is 0. The number of amides is 2. The molecule has 1 aromatic carbocycles. The molecule has 2 amide bonds. The minimum atomic E-state index is -0.754. The first-order valence-electron chi connectivity index (χ1n) is 6.56. The van der Waals surface area contributed by atoms with Gasteiger partial charge in [-0.25, -0.2) is 4.79 Å². The molecule has 0 saturated carbocycles. The van der Waals surface area contributed by atoms with Crippen LogP contribution in [0.3, 0.4) is 0 Å². The third-order valence-corrected chi connectivity index (χ3v) is 3.54. The monoisotopic (exact) mass is 276 g/mol. The lowest BCUT2D eigenvalue weighted by Gasteiger charge is -2.38. The van der Waals surface area contributed by atoms with Crippen LogP contribution in [0.1, 0.15) is 19.4 Å². The summed E-state index contributed by atoms with van der Waals surface area (Å²) in [6, 6.07) is 7.66. The number of fused-ring (bicyclic) bond motifs is 1. The average Bonchev–Trinajstić information content (AvgIpc) is 2.42. The molecule has 2 rings (SSSR count). The summed E-state index contributed by atoms with van der Waals surface area (Å²) in [7, 11) is 3.12. The number of esters is 1. The standard InChI is InChI=1S/C15H20N2O3/c1-15(2,13(18)20-4)10-17-12-8-6-5-7-11(12)9-16(3)14(17)19/h5-8H,9-10H2,1-4H3. The first kappa shape index (κ1) is 14.4. The van der Waals surface area contributed by atoms with Gasteiger partial charge < -0.3 is 9.64 Å². The van der Waals surface area contributed by atoms with E-state index in [0.717, 1.165) is 11.3 Å². The first-order chi connectivity index (χ1) is 9.36. The molecule has 1 aliphatic rings. The number of carbonyl (C=O) groups is 2. The van der Waals surface area contributed by atoms with Crippen LogP contribution in [0.15, 0.2) is 24.3 Å². The summed E-state index contributed by atoms with van der Waals surface area (Å²) in [4.78, 5) is 27.5. The Hall–Kier alpha value is -2.04. The van der Waals surface area contributed by atoms with Crippen molar-refractivity contribution < 1.29 is 14.3 Å². The molecule has 1 aliphatic heterocycles. The highest BCUT2D eigenvalue weighted by Crippen LogP contribution is 2.31. The Labute approximate surface area is 119 Å². The summed E-state index contributed by atoms with van der Waals surface area (Å²) < 4.78 is 4.82. The van der Waals surface area contributed by atoms with E-state index >= 15 is 0 Å². The van der Waals surface area contributed by atoms with Crippen LogP contribution in [-0.2, 0) is 16.1 Å². The molecule has 0 unspecified atom stereocenters. The van der Waals surface area contributed by atoms with Crippen LogP contribution in [0.4, 0.5) is 10.5 Å². The zero-order valence-corrected chi connectivity index (χ0v) is 12.3. The van der Waals surface area contributed by atoms with Gasteiger partial charge in [-0.15, -0.1) is 0 Å². The van der Waals surface area contributed by atoms with Crippen molar-refractivity contribution >= 4 is 17.7 Å². The molecule has 0 atom stereocenters. The van der Waals surface area contributed by atoms with Crippen molar-refractivity contribution in [3.63, 3.8) is 0 Å². The first-order valence-corrected chi connectivity index (χ1v) is 6.56. The largest absolute Gasteiger partial charge is 0.469 e. The molecule has 0 aliphatic carbocycles. The van der Waals surface area contributed by atoms with Crippen molar-refractivity contribution in [2.75, 3.05) is 25.6 Å². The van der Waals surface area contributed by atoms with Crippen molar-refractivity contribution in [3.05, 3.63) is 29.8 Å². The summed E-state index contributed by atoms with van der Waals surface area (Å²) >= 11 is 0. The highest BCUT2D eigenvalue weighted by atomic mass is 16.5. The van der Waals surface area contributed by atoms with E-state index in [4.69, 9.17) is 4.74 Å². The molecule has 0 spiro atoms. The highest BCUT2D eigenvalue weighted by molar-refractivity contribution is 5.95. The van der Waals surface area contributed by atoms with Crippen LogP contribution in [0.2, 0.25) is 0 Å². The predicted octanol–water partition coefficient (Wildman–Crippen LogP) is 2.26. The van der Waals surface area contributed by atoms with Gasteiger partial charge in [0, 0.05) is 20.1 Å². The Kier molecular flexibility index (Phi) is 3.70. The number of carbonyl (C=O) groups excluding carboxylic acids is 2. The summed E-state index contributed by atoms with van der Waals surface area (Å²) in [6.45, 7) is 4.44. The quantitative estimate of drug-likeness (QED) is 0.796. The van der Waals surface area contributed by atoms with Crippen LogP contribution >= 0.6 is 0 Å². The molecule has 5 heteroatoms. The van der Waals surface area contributed by atoms with Crippen molar-refractivity contribution in [1.82, 2.24) is 4.90 Å². The number of methoxy groups -OCH3 is 1. The van der Waals surface area contributed by atoms with Gasteiger partial charge in [0.05, 0.1) is 18.2 Å². The van der Waals surface area contributed by atoms with Crippen LogP contribution in [0.25, 0.3) is 0 Å². The van der Waals surface area contributed by atoms with Gasteiger partial charge in [0.25, 0.3) is 0 Å². The lowest BCUT2D eigenvalue weighted by molar-refractivity contribution is -0.150. The smallest absolute Gasteiger partial charge is 0.324 e. The Balaban J connectivity index is 2.35. The molecule has 1 heterocycles. The minimum Gasteiger partial charge on any atom is -0.469 e. The van der Waals surface area contributed by atoms with E-state index in [9.17, 15) is 9.59 Å². The molecule has 20 heavy (non-hydrogen) atoms. The van der Waals surface area contributed by atoms with E-state index in [0.29, 0.717) is 13.1 Å². The molecule has 0 radical (unpaired) electrons. The maximum atomic E-state index is 12.4. The van der Waals surface area contributed by atoms with Crippen LogP contribution in [0.5, 0.6) is 0 Å². The maximum absolute atomic E-state index is 12.4. The van der Waals surface area contributed by atoms with E-state index in [1.54, 1.807) is 30.7 Å². The van der Waals surface area contributed by atoms with Crippen molar-refractivity contribution in [1.29, 1.82) is 0 Å². The van der Waals surface area contributed by atoms with E-state index in [1.807, 2.05) is 24.3 Å². The summed E-state index contributed by atoms with van der Waals surface area (Å²) in [5, 5.41) is 0. The number of urea groups is 1. The van der Waals surface area contributed by atoms with Crippen molar-refractivity contribution in [2.24, 2.45) is 5.41 Å². The molecule has 0 N–H and O–H groups in total. The molecular weight excluding hydrogens is 256 g/mol. The topological polar surface area (TPSA) is 49.9 Å². The van der Waals surface area contributed by atoms with Gasteiger partial charge in [-0.2, -0.15) is 0 Å². The Morgan fingerprint density at radius 2 is 2.00 bits per heavy atom. The average molecular weight is 276 g/mol. The fraction of sp³-hybridized carbons (Fsp3) is 0.467. The second-order valence-electron chi connectivity index (χ2n) is 5.73. The third kappa shape index (κ3) is 2.48. The van der Waals surface area contributed by atoms with Crippen molar-refractivity contribution in [2.45, 2.75) is 20.4 Å². The second kappa shape index (κ2) is 5.15. The number of hydrogen-bond acceptors (Lipinski definition) is 3. The fourth-order valence-corrected chi connectivity index (χ4v) is 2.43. The third-order valence-electron chi connectivity index (χ3n) is 3.54. The molecular formula is C15H20N2O3. The summed E-state index contributed by atoms with van der Waals surface area (Å²) in [5.41, 5.74) is 1.19. The number of ether oxygens (including phenoxy) is 1. The van der Waals surface area contributed by atoms with Gasteiger partial charge >= 0.3 is 12.0 Å². The number of rotatable bonds is 3. The number of para-hydroxylation sites is 1. The molecule has 5 nitrogen and oxygen atoms in total. The Morgan fingerprint density at radius 3 is 2.65 bits per heavy atom. The van der Waals surface area contributed by atoms with Crippen LogP contribution in [0, 0.1) is 5.41 Å². The number of hydrogen-bond donors (Lipinski definition) is 0. The Bertz CT molecular complexity index is 540. The van der Waals surface area contributed by atoms with Gasteiger partial charge in [-0.05, 0) is 25.5 Å². The number of nitrogens with zero attached hydrogens (tertiary/aromatic N) is 2. The van der Waals surface area contributed by atoms with Crippen LogP contribution in [-0.4, -0.2) is 37.6 Å². The molecule has 0 fully saturated rings. The van der Waals surface area contributed by atoms with Crippen LogP contribution < -0.4 is 4.90 Å². The zero-order valence-electron chi connectivity index (χ0n) is 12.3. The fourth-order valence-electron chi connectivity index (χ4n) is 2.43. The minimum absolute atomic E-state index is 0.0966. The molecule has 108 valence electrons. The van der Waals surface area contributed by atoms with E-state index in [2.05, 4.69) is 0 Å². The van der Waals surface area contributed by atoms with E-state index < -0.39 is 5.41 Å². The van der Waals surface area contributed by atoms with E-state index in [-0.39, 0.29) is 12.0 Å². The normalized spacial score (nSPS) is 15.1. The highest BCUT2D eigenvalue weighted by Gasteiger charge is 2.37. The van der Waals surface area contributed by atoms with Gasteiger partial charge in [0.2, 0.25) is 0 Å². The SMILES string of the molecule is COC(=O)C(C)(C)CN1C(=O)N(C)Cc2ccccc21. The molecule has 0 aromatic heterocycles.